The van der Waals surface area contributed by atoms with Crippen LogP contribution in [0.3, 0.4) is 0 Å². The highest BCUT2D eigenvalue weighted by Gasteiger charge is 2.29. The normalized spacial score (nSPS) is 19.7. The second-order valence-corrected chi connectivity index (χ2v) is 7.76. The maximum atomic E-state index is 14.1. The minimum Gasteiger partial charge on any atom is -0.497 e. The highest BCUT2D eigenvalue weighted by Crippen LogP contribution is 2.29. The van der Waals surface area contributed by atoms with Crippen LogP contribution in [0, 0.1) is 11.7 Å². The van der Waals surface area contributed by atoms with Gasteiger partial charge in [0.25, 0.3) is 0 Å². The third-order valence-corrected chi connectivity index (χ3v) is 5.89. The van der Waals surface area contributed by atoms with E-state index >= 15 is 0 Å². The SMILES string of the molecule is COc1ccc2cc(C(C)NCC3CNNC3c3ccc(OC)c(F)c3)ccc2c1. The van der Waals surface area contributed by atoms with Gasteiger partial charge in [-0.1, -0.05) is 24.3 Å². The van der Waals surface area contributed by atoms with Gasteiger partial charge < -0.3 is 14.8 Å². The summed E-state index contributed by atoms with van der Waals surface area (Å²) in [6, 6.07) is 18.0. The first-order valence-electron chi connectivity index (χ1n) is 10.2. The fourth-order valence-corrected chi connectivity index (χ4v) is 4.04. The number of ether oxygens (including phenoxy) is 2. The van der Waals surface area contributed by atoms with Crippen molar-refractivity contribution in [3.63, 3.8) is 0 Å². The standard InChI is InChI=1S/C24H28FN3O2/c1-15(16-4-5-18-11-21(29-2)8-6-17(18)10-16)26-13-20-14-27-28-24(20)19-7-9-23(30-3)22(25)12-19/h4-12,15,20,24,26-28H,13-14H2,1-3H3. The first-order valence-corrected chi connectivity index (χ1v) is 10.2. The van der Waals surface area contributed by atoms with Crippen molar-refractivity contribution < 1.29 is 13.9 Å². The van der Waals surface area contributed by atoms with Crippen molar-refractivity contribution in [3.8, 4) is 11.5 Å². The summed E-state index contributed by atoms with van der Waals surface area (Å²) in [4.78, 5) is 0. The van der Waals surface area contributed by atoms with Crippen LogP contribution in [0.1, 0.15) is 30.1 Å². The molecular formula is C24H28FN3O2. The van der Waals surface area contributed by atoms with Crippen molar-refractivity contribution >= 4 is 10.8 Å². The second-order valence-electron chi connectivity index (χ2n) is 7.76. The molecule has 0 aliphatic carbocycles. The molecular weight excluding hydrogens is 381 g/mol. The Labute approximate surface area is 176 Å². The molecule has 1 saturated heterocycles. The van der Waals surface area contributed by atoms with Crippen LogP contribution in [0.2, 0.25) is 0 Å². The predicted molar refractivity (Wildman–Crippen MR) is 117 cm³/mol. The van der Waals surface area contributed by atoms with Crippen molar-refractivity contribution in [2.45, 2.75) is 19.0 Å². The number of halogens is 1. The van der Waals surface area contributed by atoms with Crippen molar-refractivity contribution in [1.82, 2.24) is 16.2 Å². The van der Waals surface area contributed by atoms with Crippen LogP contribution in [-0.2, 0) is 0 Å². The highest BCUT2D eigenvalue weighted by molar-refractivity contribution is 5.84. The van der Waals surface area contributed by atoms with Gasteiger partial charge in [-0.15, -0.1) is 0 Å². The molecule has 0 spiro atoms. The molecule has 6 heteroatoms. The molecule has 5 nitrogen and oxygen atoms in total. The molecule has 0 aromatic heterocycles. The van der Waals surface area contributed by atoms with Gasteiger partial charge >= 0.3 is 0 Å². The number of nitrogens with one attached hydrogen (secondary N) is 3. The van der Waals surface area contributed by atoms with Gasteiger partial charge in [-0.25, -0.2) is 9.82 Å². The molecule has 3 aromatic carbocycles. The van der Waals surface area contributed by atoms with E-state index in [1.165, 1.54) is 18.1 Å². The smallest absolute Gasteiger partial charge is 0.165 e. The van der Waals surface area contributed by atoms with Crippen LogP contribution in [0.25, 0.3) is 10.8 Å². The van der Waals surface area contributed by atoms with Gasteiger partial charge in [0.1, 0.15) is 5.75 Å². The zero-order valence-electron chi connectivity index (χ0n) is 17.5. The van der Waals surface area contributed by atoms with E-state index in [0.717, 1.165) is 29.8 Å². The van der Waals surface area contributed by atoms with E-state index in [0.29, 0.717) is 5.92 Å². The quantitative estimate of drug-likeness (QED) is 0.548. The molecule has 0 amide bonds. The molecule has 0 saturated carbocycles. The fourth-order valence-electron chi connectivity index (χ4n) is 4.04. The Morgan fingerprint density at radius 2 is 1.83 bits per heavy atom. The van der Waals surface area contributed by atoms with Crippen molar-refractivity contribution in [1.29, 1.82) is 0 Å². The Morgan fingerprint density at radius 1 is 1.03 bits per heavy atom. The van der Waals surface area contributed by atoms with E-state index in [-0.39, 0.29) is 23.7 Å². The number of hydrazine groups is 1. The molecule has 1 fully saturated rings. The summed E-state index contributed by atoms with van der Waals surface area (Å²) in [7, 11) is 3.16. The first kappa shape index (κ1) is 20.6. The van der Waals surface area contributed by atoms with Gasteiger partial charge in [0.05, 0.1) is 20.3 Å². The lowest BCUT2D eigenvalue weighted by atomic mass is 9.94. The molecule has 4 rings (SSSR count). The van der Waals surface area contributed by atoms with Gasteiger partial charge in [-0.2, -0.15) is 0 Å². The Balaban J connectivity index is 1.43. The number of rotatable bonds is 7. The maximum Gasteiger partial charge on any atom is 0.165 e. The summed E-state index contributed by atoms with van der Waals surface area (Å²) in [5.41, 5.74) is 8.64. The third kappa shape index (κ3) is 4.26. The van der Waals surface area contributed by atoms with Crippen LogP contribution in [0.15, 0.2) is 54.6 Å². The largest absolute Gasteiger partial charge is 0.497 e. The van der Waals surface area contributed by atoms with Crippen LogP contribution in [0.4, 0.5) is 4.39 Å². The van der Waals surface area contributed by atoms with E-state index in [9.17, 15) is 4.39 Å². The minimum atomic E-state index is -0.337. The van der Waals surface area contributed by atoms with Crippen LogP contribution in [0.5, 0.6) is 11.5 Å². The number of methoxy groups -OCH3 is 2. The Kier molecular flexibility index (Phi) is 6.18. The van der Waals surface area contributed by atoms with Crippen LogP contribution < -0.4 is 25.6 Å². The molecule has 0 radical (unpaired) electrons. The Hall–Kier alpha value is -2.67. The molecule has 1 aliphatic heterocycles. The average Bonchev–Trinajstić information content (AvgIpc) is 3.25. The van der Waals surface area contributed by atoms with E-state index in [2.05, 4.69) is 47.4 Å². The molecule has 3 N–H and O–H groups in total. The molecule has 3 unspecified atom stereocenters. The van der Waals surface area contributed by atoms with E-state index in [1.807, 2.05) is 18.2 Å². The predicted octanol–water partition coefficient (Wildman–Crippen LogP) is 4.11. The Bertz CT molecular complexity index is 1030. The number of fused-ring (bicyclic) bond motifs is 1. The van der Waals surface area contributed by atoms with Gasteiger partial charge in [0.2, 0.25) is 0 Å². The summed E-state index contributed by atoms with van der Waals surface area (Å²) < 4.78 is 24.5. The molecule has 1 heterocycles. The van der Waals surface area contributed by atoms with Crippen LogP contribution >= 0.6 is 0 Å². The number of hydrogen-bond acceptors (Lipinski definition) is 5. The number of hydrogen-bond donors (Lipinski definition) is 3. The topological polar surface area (TPSA) is 54.5 Å². The summed E-state index contributed by atoms with van der Waals surface area (Å²) in [6.45, 7) is 3.79. The van der Waals surface area contributed by atoms with Crippen LogP contribution in [-0.4, -0.2) is 27.3 Å². The lowest BCUT2D eigenvalue weighted by Gasteiger charge is -2.22. The second kappa shape index (κ2) is 9.00. The average molecular weight is 410 g/mol. The van der Waals surface area contributed by atoms with Gasteiger partial charge in [-0.3, -0.25) is 5.43 Å². The molecule has 3 atom stereocenters. The highest BCUT2D eigenvalue weighted by atomic mass is 19.1. The van der Waals surface area contributed by atoms with Crippen molar-refractivity contribution in [2.24, 2.45) is 5.92 Å². The lowest BCUT2D eigenvalue weighted by molar-refractivity contribution is 0.383. The van der Waals surface area contributed by atoms with E-state index in [1.54, 1.807) is 19.2 Å². The summed E-state index contributed by atoms with van der Waals surface area (Å²) in [6.07, 6.45) is 0. The zero-order valence-corrected chi connectivity index (χ0v) is 17.5. The molecule has 0 bridgehead atoms. The van der Waals surface area contributed by atoms with Crippen molar-refractivity contribution in [2.75, 3.05) is 27.3 Å². The fraction of sp³-hybridized carbons (Fsp3) is 0.333. The summed E-state index contributed by atoms with van der Waals surface area (Å²) in [5.74, 6) is 1.09. The van der Waals surface area contributed by atoms with Gasteiger partial charge in [-0.05, 0) is 59.2 Å². The minimum absolute atomic E-state index is 0.0363. The molecule has 3 aromatic rings. The Morgan fingerprint density at radius 3 is 2.60 bits per heavy atom. The lowest BCUT2D eigenvalue weighted by Crippen LogP contribution is -2.30. The molecule has 158 valence electrons. The maximum absolute atomic E-state index is 14.1. The molecule has 1 aliphatic rings. The first-order chi connectivity index (χ1) is 14.6. The summed E-state index contributed by atoms with van der Waals surface area (Å²) >= 11 is 0. The van der Waals surface area contributed by atoms with Gasteiger partial charge in [0, 0.05) is 25.0 Å². The van der Waals surface area contributed by atoms with E-state index in [4.69, 9.17) is 9.47 Å². The third-order valence-electron chi connectivity index (χ3n) is 5.89. The van der Waals surface area contributed by atoms with Crippen molar-refractivity contribution in [3.05, 3.63) is 71.5 Å². The summed E-state index contributed by atoms with van der Waals surface area (Å²) in [5, 5.41) is 6.00. The van der Waals surface area contributed by atoms with E-state index < -0.39 is 0 Å². The molecule has 30 heavy (non-hydrogen) atoms. The number of benzene rings is 3. The monoisotopic (exact) mass is 409 g/mol. The zero-order chi connectivity index (χ0) is 21.1. The van der Waals surface area contributed by atoms with Gasteiger partial charge in [0.15, 0.2) is 11.6 Å².